The van der Waals surface area contributed by atoms with Gasteiger partial charge in [0.05, 0.1) is 25.5 Å². The predicted molar refractivity (Wildman–Crippen MR) is 81.7 cm³/mol. The Balaban J connectivity index is 2.20. The van der Waals surface area contributed by atoms with Gasteiger partial charge in [-0.2, -0.15) is 0 Å². The van der Waals surface area contributed by atoms with Crippen LogP contribution in [0.25, 0.3) is 0 Å². The molecule has 0 radical (unpaired) electrons. The molecule has 2 aromatic carbocycles. The number of carboxylic acids is 1. The van der Waals surface area contributed by atoms with E-state index in [0.717, 1.165) is 11.3 Å². The van der Waals surface area contributed by atoms with Crippen molar-refractivity contribution in [2.24, 2.45) is 0 Å². The number of ether oxygens (including phenoxy) is 3. The number of carbonyl (C=O) groups is 1. The Bertz CT molecular complexity index is 667. The molecule has 0 saturated heterocycles. The first-order chi connectivity index (χ1) is 10.5. The summed E-state index contributed by atoms with van der Waals surface area (Å²) >= 11 is 0. The Labute approximate surface area is 128 Å². The van der Waals surface area contributed by atoms with Crippen LogP contribution in [-0.4, -0.2) is 25.3 Å². The second kappa shape index (κ2) is 6.71. The highest BCUT2D eigenvalue weighted by Gasteiger charge is 2.14. The van der Waals surface area contributed by atoms with Crippen molar-refractivity contribution >= 4 is 11.7 Å². The first-order valence-corrected chi connectivity index (χ1v) is 6.51. The quantitative estimate of drug-likeness (QED) is 0.797. The fourth-order valence-corrected chi connectivity index (χ4v) is 1.92. The molecule has 0 aliphatic heterocycles. The van der Waals surface area contributed by atoms with Gasteiger partial charge in [-0.05, 0) is 17.7 Å². The standard InChI is InChI=1S/C16H17NO5/c1-20-11-5-3-10(4-6-11)9-22-15-7-12(16(18)19)13(17)8-14(15)21-2/h3-8H,9,17H2,1-2H3,(H,18,19). The zero-order chi connectivity index (χ0) is 16.1. The lowest BCUT2D eigenvalue weighted by molar-refractivity contribution is 0.0697. The fraction of sp³-hybridized carbons (Fsp3) is 0.188. The number of nitrogen functional groups attached to an aromatic ring is 1. The highest BCUT2D eigenvalue weighted by atomic mass is 16.5. The summed E-state index contributed by atoms with van der Waals surface area (Å²) in [7, 11) is 3.06. The largest absolute Gasteiger partial charge is 0.497 e. The molecule has 0 fully saturated rings. The van der Waals surface area contributed by atoms with Crippen LogP contribution in [0.4, 0.5) is 5.69 Å². The van der Waals surface area contributed by atoms with Crippen molar-refractivity contribution in [2.75, 3.05) is 20.0 Å². The van der Waals surface area contributed by atoms with E-state index in [9.17, 15) is 4.79 Å². The summed E-state index contributed by atoms with van der Waals surface area (Å²) in [5, 5.41) is 9.11. The number of aromatic carboxylic acids is 1. The third-order valence-corrected chi connectivity index (χ3v) is 3.12. The van der Waals surface area contributed by atoms with Gasteiger partial charge in [-0.25, -0.2) is 4.79 Å². The maximum Gasteiger partial charge on any atom is 0.337 e. The summed E-state index contributed by atoms with van der Waals surface area (Å²) in [6.07, 6.45) is 0. The smallest absolute Gasteiger partial charge is 0.337 e. The monoisotopic (exact) mass is 303 g/mol. The van der Waals surface area contributed by atoms with Crippen LogP contribution in [0.5, 0.6) is 17.2 Å². The van der Waals surface area contributed by atoms with E-state index in [-0.39, 0.29) is 17.9 Å². The zero-order valence-electron chi connectivity index (χ0n) is 12.3. The predicted octanol–water partition coefficient (Wildman–Crippen LogP) is 2.56. The molecule has 3 N–H and O–H groups in total. The van der Waals surface area contributed by atoms with Crippen molar-refractivity contribution in [3.05, 3.63) is 47.5 Å². The van der Waals surface area contributed by atoms with Gasteiger partial charge in [-0.3, -0.25) is 0 Å². The highest BCUT2D eigenvalue weighted by molar-refractivity contribution is 5.94. The molecule has 0 unspecified atom stereocenters. The van der Waals surface area contributed by atoms with Crippen molar-refractivity contribution in [3.8, 4) is 17.2 Å². The van der Waals surface area contributed by atoms with Crippen molar-refractivity contribution in [3.63, 3.8) is 0 Å². The molecular formula is C16H17NO5. The van der Waals surface area contributed by atoms with Gasteiger partial charge in [-0.15, -0.1) is 0 Å². The summed E-state index contributed by atoms with van der Waals surface area (Å²) in [4.78, 5) is 11.1. The van der Waals surface area contributed by atoms with Crippen molar-refractivity contribution in [2.45, 2.75) is 6.61 Å². The second-order valence-electron chi connectivity index (χ2n) is 4.53. The van der Waals surface area contributed by atoms with Crippen LogP contribution in [0.3, 0.4) is 0 Å². The normalized spacial score (nSPS) is 10.1. The van der Waals surface area contributed by atoms with E-state index < -0.39 is 5.97 Å². The van der Waals surface area contributed by atoms with Crippen LogP contribution >= 0.6 is 0 Å². The van der Waals surface area contributed by atoms with Crippen LogP contribution in [0, 0.1) is 0 Å². The van der Waals surface area contributed by atoms with E-state index in [1.807, 2.05) is 24.3 Å². The van der Waals surface area contributed by atoms with Crippen LogP contribution in [0.2, 0.25) is 0 Å². The molecule has 0 spiro atoms. The van der Waals surface area contributed by atoms with E-state index in [2.05, 4.69) is 0 Å². The van der Waals surface area contributed by atoms with E-state index in [1.165, 1.54) is 19.2 Å². The number of anilines is 1. The minimum atomic E-state index is -1.12. The second-order valence-corrected chi connectivity index (χ2v) is 4.53. The third-order valence-electron chi connectivity index (χ3n) is 3.12. The van der Waals surface area contributed by atoms with Crippen LogP contribution in [0.1, 0.15) is 15.9 Å². The Morgan fingerprint density at radius 2 is 1.77 bits per heavy atom. The van der Waals surface area contributed by atoms with Gasteiger partial charge in [0.15, 0.2) is 11.5 Å². The summed E-state index contributed by atoms with van der Waals surface area (Å²) in [6, 6.07) is 10.2. The van der Waals surface area contributed by atoms with Crippen LogP contribution < -0.4 is 19.9 Å². The number of carboxylic acid groups (broad SMARTS) is 1. The lowest BCUT2D eigenvalue weighted by Crippen LogP contribution is -2.05. The Hall–Kier alpha value is -2.89. The maximum absolute atomic E-state index is 11.1. The zero-order valence-corrected chi connectivity index (χ0v) is 12.3. The van der Waals surface area contributed by atoms with Gasteiger partial charge in [0.1, 0.15) is 12.4 Å². The van der Waals surface area contributed by atoms with Gasteiger partial charge in [0.2, 0.25) is 0 Å². The molecule has 0 amide bonds. The molecule has 2 rings (SSSR count). The molecule has 116 valence electrons. The van der Waals surface area contributed by atoms with Gasteiger partial charge in [0.25, 0.3) is 0 Å². The summed E-state index contributed by atoms with van der Waals surface area (Å²) < 4.78 is 15.9. The average Bonchev–Trinajstić information content (AvgIpc) is 2.53. The van der Waals surface area contributed by atoms with Crippen LogP contribution in [0.15, 0.2) is 36.4 Å². The molecule has 22 heavy (non-hydrogen) atoms. The first kappa shape index (κ1) is 15.5. The van der Waals surface area contributed by atoms with Crippen LogP contribution in [-0.2, 0) is 6.61 Å². The SMILES string of the molecule is COc1ccc(COc2cc(C(=O)O)c(N)cc2OC)cc1. The topological polar surface area (TPSA) is 91.0 Å². The van der Waals surface area contributed by atoms with Gasteiger partial charge in [-0.1, -0.05) is 12.1 Å². The molecule has 0 aromatic heterocycles. The number of hydrogen-bond donors (Lipinski definition) is 2. The summed E-state index contributed by atoms with van der Waals surface area (Å²) in [5.41, 5.74) is 6.69. The number of methoxy groups -OCH3 is 2. The molecule has 0 atom stereocenters. The fourth-order valence-electron chi connectivity index (χ4n) is 1.92. The molecule has 2 aromatic rings. The molecule has 6 heteroatoms. The molecule has 0 aliphatic rings. The molecule has 0 bridgehead atoms. The van der Waals surface area contributed by atoms with E-state index in [1.54, 1.807) is 7.11 Å². The summed E-state index contributed by atoms with van der Waals surface area (Å²) in [6.45, 7) is 0.267. The minimum absolute atomic E-state index is 0.0227. The van der Waals surface area contributed by atoms with Crippen molar-refractivity contribution in [1.82, 2.24) is 0 Å². The highest BCUT2D eigenvalue weighted by Crippen LogP contribution is 2.32. The number of rotatable bonds is 6. The maximum atomic E-state index is 11.1. The van der Waals surface area contributed by atoms with E-state index in [0.29, 0.717) is 11.5 Å². The lowest BCUT2D eigenvalue weighted by Gasteiger charge is -2.13. The Kier molecular flexibility index (Phi) is 4.73. The Morgan fingerprint density at radius 1 is 1.09 bits per heavy atom. The van der Waals surface area contributed by atoms with Crippen molar-refractivity contribution < 1.29 is 24.1 Å². The number of hydrogen-bond acceptors (Lipinski definition) is 5. The average molecular weight is 303 g/mol. The molecule has 0 heterocycles. The van der Waals surface area contributed by atoms with Crippen molar-refractivity contribution in [1.29, 1.82) is 0 Å². The molecule has 0 aliphatic carbocycles. The summed E-state index contributed by atoms with van der Waals surface area (Å²) in [5.74, 6) is 0.345. The van der Waals surface area contributed by atoms with Gasteiger partial charge in [0, 0.05) is 12.1 Å². The Morgan fingerprint density at radius 3 is 2.32 bits per heavy atom. The molecular weight excluding hydrogens is 286 g/mol. The molecule has 0 saturated carbocycles. The number of benzene rings is 2. The number of nitrogens with two attached hydrogens (primary N) is 1. The first-order valence-electron chi connectivity index (χ1n) is 6.51. The third kappa shape index (κ3) is 3.41. The van der Waals surface area contributed by atoms with Gasteiger partial charge >= 0.3 is 5.97 Å². The van der Waals surface area contributed by atoms with Gasteiger partial charge < -0.3 is 25.1 Å². The van der Waals surface area contributed by atoms with E-state index >= 15 is 0 Å². The lowest BCUT2D eigenvalue weighted by atomic mass is 10.1. The minimum Gasteiger partial charge on any atom is -0.497 e. The molecule has 6 nitrogen and oxygen atoms in total. The van der Waals surface area contributed by atoms with E-state index in [4.69, 9.17) is 25.1 Å².